The summed E-state index contributed by atoms with van der Waals surface area (Å²) in [5.74, 6) is 0.137. The first-order valence-corrected chi connectivity index (χ1v) is 5.68. The van der Waals surface area contributed by atoms with Gasteiger partial charge < -0.3 is 11.1 Å². The van der Waals surface area contributed by atoms with Crippen molar-refractivity contribution in [3.63, 3.8) is 0 Å². The second-order valence-corrected chi connectivity index (χ2v) is 4.82. The second kappa shape index (κ2) is 5.31. The molecule has 0 aromatic rings. The van der Waals surface area contributed by atoms with Gasteiger partial charge in [0.1, 0.15) is 0 Å². The van der Waals surface area contributed by atoms with Crippen LogP contribution in [0.25, 0.3) is 0 Å². The Morgan fingerprint density at radius 3 is 2.53 bits per heavy atom. The van der Waals surface area contributed by atoms with Gasteiger partial charge in [0.25, 0.3) is 0 Å². The van der Waals surface area contributed by atoms with Gasteiger partial charge in [0.15, 0.2) is 0 Å². The number of rotatable bonds is 5. The van der Waals surface area contributed by atoms with Crippen LogP contribution in [0.1, 0.15) is 39.5 Å². The standard InChI is InChI=1S/C12H22N2O/c1-10(2)4-7-14-11(15)8-12(9-13)5-3-6-12/h4H,3,5-9,13H2,1-2H3,(H,14,15). The predicted molar refractivity (Wildman–Crippen MR) is 62.4 cm³/mol. The van der Waals surface area contributed by atoms with Gasteiger partial charge in [-0.15, -0.1) is 0 Å². The Balaban J connectivity index is 2.26. The molecule has 0 spiro atoms. The molecule has 1 saturated carbocycles. The maximum Gasteiger partial charge on any atom is 0.220 e. The minimum atomic E-state index is 0.120. The van der Waals surface area contributed by atoms with Gasteiger partial charge in [-0.25, -0.2) is 0 Å². The van der Waals surface area contributed by atoms with E-state index in [1.807, 2.05) is 19.9 Å². The van der Waals surface area contributed by atoms with Crippen molar-refractivity contribution in [1.82, 2.24) is 5.32 Å². The maximum atomic E-state index is 11.6. The van der Waals surface area contributed by atoms with E-state index in [4.69, 9.17) is 5.73 Å². The number of carbonyl (C=O) groups is 1. The number of nitrogens with one attached hydrogen (secondary N) is 1. The van der Waals surface area contributed by atoms with Gasteiger partial charge in [0.05, 0.1) is 0 Å². The predicted octanol–water partition coefficient (Wildman–Crippen LogP) is 1.59. The van der Waals surface area contributed by atoms with E-state index in [0.717, 1.165) is 12.8 Å². The average Bonchev–Trinajstić information content (AvgIpc) is 2.11. The minimum Gasteiger partial charge on any atom is -0.353 e. The molecule has 0 atom stereocenters. The lowest BCUT2D eigenvalue weighted by molar-refractivity contribution is -0.124. The van der Waals surface area contributed by atoms with Crippen molar-refractivity contribution in [1.29, 1.82) is 0 Å². The summed E-state index contributed by atoms with van der Waals surface area (Å²) in [5.41, 5.74) is 7.05. The average molecular weight is 210 g/mol. The van der Waals surface area contributed by atoms with Crippen LogP contribution in [-0.2, 0) is 4.79 Å². The molecule has 1 rings (SSSR count). The molecule has 86 valence electrons. The van der Waals surface area contributed by atoms with Gasteiger partial charge >= 0.3 is 0 Å². The molecule has 1 amide bonds. The fraction of sp³-hybridized carbons (Fsp3) is 0.750. The van der Waals surface area contributed by atoms with Crippen molar-refractivity contribution in [2.75, 3.05) is 13.1 Å². The van der Waals surface area contributed by atoms with E-state index in [2.05, 4.69) is 5.32 Å². The first-order valence-electron chi connectivity index (χ1n) is 5.68. The van der Waals surface area contributed by atoms with Crippen molar-refractivity contribution in [3.8, 4) is 0 Å². The smallest absolute Gasteiger partial charge is 0.220 e. The van der Waals surface area contributed by atoms with Crippen molar-refractivity contribution < 1.29 is 4.79 Å². The molecule has 0 aromatic carbocycles. The number of carbonyl (C=O) groups excluding carboxylic acids is 1. The van der Waals surface area contributed by atoms with Gasteiger partial charge in [0.2, 0.25) is 5.91 Å². The summed E-state index contributed by atoms with van der Waals surface area (Å²) < 4.78 is 0. The summed E-state index contributed by atoms with van der Waals surface area (Å²) in [5, 5.41) is 2.90. The Bertz CT molecular complexity index is 245. The van der Waals surface area contributed by atoms with Crippen LogP contribution >= 0.6 is 0 Å². The zero-order valence-electron chi connectivity index (χ0n) is 9.81. The van der Waals surface area contributed by atoms with Crippen LogP contribution in [0.5, 0.6) is 0 Å². The lowest BCUT2D eigenvalue weighted by Gasteiger charge is -2.40. The van der Waals surface area contributed by atoms with Crippen molar-refractivity contribution in [2.24, 2.45) is 11.1 Å². The van der Waals surface area contributed by atoms with E-state index in [-0.39, 0.29) is 11.3 Å². The molecule has 0 unspecified atom stereocenters. The van der Waals surface area contributed by atoms with Gasteiger partial charge in [-0.1, -0.05) is 18.1 Å². The molecular weight excluding hydrogens is 188 g/mol. The van der Waals surface area contributed by atoms with Gasteiger partial charge in [-0.3, -0.25) is 4.79 Å². The summed E-state index contributed by atoms with van der Waals surface area (Å²) in [6.45, 7) is 5.34. The molecule has 3 nitrogen and oxygen atoms in total. The highest BCUT2D eigenvalue weighted by Crippen LogP contribution is 2.42. The van der Waals surface area contributed by atoms with E-state index in [1.165, 1.54) is 12.0 Å². The third-order valence-electron chi connectivity index (χ3n) is 3.19. The van der Waals surface area contributed by atoms with Crippen LogP contribution in [-0.4, -0.2) is 19.0 Å². The fourth-order valence-corrected chi connectivity index (χ4v) is 1.90. The number of nitrogens with two attached hydrogens (primary N) is 1. The molecule has 3 N–H and O–H groups in total. The lowest BCUT2D eigenvalue weighted by atomic mass is 9.66. The summed E-state index contributed by atoms with van der Waals surface area (Å²) >= 11 is 0. The van der Waals surface area contributed by atoms with Gasteiger partial charge in [-0.05, 0) is 38.6 Å². The quantitative estimate of drug-likeness (QED) is 0.677. The SMILES string of the molecule is CC(C)=CCNC(=O)CC1(CN)CCC1. The summed E-state index contributed by atoms with van der Waals surface area (Å²) in [6, 6.07) is 0. The molecule has 0 radical (unpaired) electrons. The second-order valence-electron chi connectivity index (χ2n) is 4.82. The summed E-state index contributed by atoms with van der Waals surface area (Å²) in [6.07, 6.45) is 6.06. The monoisotopic (exact) mass is 210 g/mol. The van der Waals surface area contributed by atoms with E-state index in [9.17, 15) is 4.79 Å². The largest absolute Gasteiger partial charge is 0.353 e. The zero-order valence-corrected chi connectivity index (χ0v) is 9.81. The zero-order chi connectivity index (χ0) is 11.3. The Morgan fingerprint density at radius 2 is 2.13 bits per heavy atom. The topological polar surface area (TPSA) is 55.1 Å². The first-order chi connectivity index (χ1) is 7.08. The Kier molecular flexibility index (Phi) is 4.33. The van der Waals surface area contributed by atoms with Crippen LogP contribution in [0, 0.1) is 5.41 Å². The maximum absolute atomic E-state index is 11.6. The molecule has 1 aliphatic rings. The summed E-state index contributed by atoms with van der Waals surface area (Å²) in [7, 11) is 0. The molecule has 0 aromatic heterocycles. The van der Waals surface area contributed by atoms with Crippen LogP contribution < -0.4 is 11.1 Å². The highest BCUT2D eigenvalue weighted by Gasteiger charge is 2.37. The van der Waals surface area contributed by atoms with Crippen molar-refractivity contribution in [2.45, 2.75) is 39.5 Å². The number of hydrogen-bond donors (Lipinski definition) is 2. The number of hydrogen-bond acceptors (Lipinski definition) is 2. The molecule has 15 heavy (non-hydrogen) atoms. The van der Waals surface area contributed by atoms with Crippen molar-refractivity contribution in [3.05, 3.63) is 11.6 Å². The molecule has 3 heteroatoms. The van der Waals surface area contributed by atoms with E-state index < -0.39 is 0 Å². The lowest BCUT2D eigenvalue weighted by Crippen LogP contribution is -2.41. The van der Waals surface area contributed by atoms with E-state index in [1.54, 1.807) is 0 Å². The van der Waals surface area contributed by atoms with E-state index >= 15 is 0 Å². The van der Waals surface area contributed by atoms with Crippen molar-refractivity contribution >= 4 is 5.91 Å². The first kappa shape index (κ1) is 12.2. The third-order valence-corrected chi connectivity index (χ3v) is 3.19. The normalized spacial score (nSPS) is 17.8. The Hall–Kier alpha value is -0.830. The van der Waals surface area contributed by atoms with Crippen LogP contribution in [0.3, 0.4) is 0 Å². The fourth-order valence-electron chi connectivity index (χ4n) is 1.90. The van der Waals surface area contributed by atoms with Crippen LogP contribution in [0.2, 0.25) is 0 Å². The van der Waals surface area contributed by atoms with Crippen LogP contribution in [0.15, 0.2) is 11.6 Å². The van der Waals surface area contributed by atoms with Crippen LogP contribution in [0.4, 0.5) is 0 Å². The Labute approximate surface area is 92.1 Å². The van der Waals surface area contributed by atoms with E-state index in [0.29, 0.717) is 19.5 Å². The molecule has 0 saturated heterocycles. The third kappa shape index (κ3) is 3.67. The number of amides is 1. The van der Waals surface area contributed by atoms with Gasteiger partial charge in [0, 0.05) is 13.0 Å². The molecule has 0 bridgehead atoms. The molecule has 0 heterocycles. The molecule has 1 aliphatic carbocycles. The molecular formula is C12H22N2O. The Morgan fingerprint density at radius 1 is 1.47 bits per heavy atom. The number of allylic oxidation sites excluding steroid dienone is 1. The van der Waals surface area contributed by atoms with Gasteiger partial charge in [-0.2, -0.15) is 0 Å². The molecule has 0 aliphatic heterocycles. The highest BCUT2D eigenvalue weighted by molar-refractivity contribution is 5.77. The highest BCUT2D eigenvalue weighted by atomic mass is 16.1. The molecule has 1 fully saturated rings. The summed E-state index contributed by atoms with van der Waals surface area (Å²) in [4.78, 5) is 11.6. The minimum absolute atomic E-state index is 0.120.